The van der Waals surface area contributed by atoms with E-state index >= 15 is 0 Å². The number of benzene rings is 1. The lowest BCUT2D eigenvalue weighted by Gasteiger charge is -2.27. The number of amides is 1. The van der Waals surface area contributed by atoms with Crippen molar-refractivity contribution in [1.29, 1.82) is 0 Å². The summed E-state index contributed by atoms with van der Waals surface area (Å²) in [4.78, 5) is 15.8. The van der Waals surface area contributed by atoms with Crippen molar-refractivity contribution < 1.29 is 9.53 Å². The molecule has 1 aliphatic rings. The van der Waals surface area contributed by atoms with E-state index in [1.54, 1.807) is 0 Å². The van der Waals surface area contributed by atoms with Crippen LogP contribution in [0.3, 0.4) is 0 Å². The van der Waals surface area contributed by atoms with Crippen LogP contribution in [0.4, 0.5) is 0 Å². The molecule has 1 fully saturated rings. The number of carbonyl (C=O) groups is 1. The molecule has 3 rings (SSSR count). The Balaban J connectivity index is 1.68. The summed E-state index contributed by atoms with van der Waals surface area (Å²) < 4.78 is 5.86. The van der Waals surface area contributed by atoms with E-state index < -0.39 is 5.60 Å². The number of hydrogen-bond donors (Lipinski definition) is 2. The molecule has 0 bridgehead atoms. The van der Waals surface area contributed by atoms with Gasteiger partial charge in [0.05, 0.1) is 0 Å². The average molecular weight is 284 g/mol. The van der Waals surface area contributed by atoms with Crippen LogP contribution in [0.2, 0.25) is 0 Å². The van der Waals surface area contributed by atoms with Gasteiger partial charge in [-0.15, -0.1) is 0 Å². The molecule has 2 N–H and O–H groups in total. The fourth-order valence-electron chi connectivity index (χ4n) is 2.86. The normalized spacial score (nSPS) is 21.3. The fraction of sp³-hybridized carbons (Fsp3) is 0.353. The molecule has 110 valence electrons. The van der Waals surface area contributed by atoms with Gasteiger partial charge >= 0.3 is 0 Å². The summed E-state index contributed by atoms with van der Waals surface area (Å²) in [6, 6.07) is 13.8. The Kier molecular flexibility index (Phi) is 4.06. The van der Waals surface area contributed by atoms with Crippen molar-refractivity contribution in [2.75, 3.05) is 13.2 Å². The maximum absolute atomic E-state index is 12.6. The molecule has 0 saturated carbocycles. The van der Waals surface area contributed by atoms with Crippen molar-refractivity contribution in [3.8, 4) is 0 Å². The van der Waals surface area contributed by atoms with Crippen LogP contribution < -0.4 is 5.32 Å². The molecule has 1 saturated heterocycles. The van der Waals surface area contributed by atoms with Crippen molar-refractivity contribution in [2.45, 2.75) is 24.9 Å². The SMILES string of the molecule is O=C(NCCc1ccc[nH]1)C1(c2ccccc2)CCCO1. The van der Waals surface area contributed by atoms with E-state index in [-0.39, 0.29) is 5.91 Å². The Bertz CT molecular complexity index is 572. The molecule has 4 nitrogen and oxygen atoms in total. The van der Waals surface area contributed by atoms with Crippen LogP contribution in [0.15, 0.2) is 48.7 Å². The van der Waals surface area contributed by atoms with Crippen LogP contribution in [-0.4, -0.2) is 24.0 Å². The molecule has 2 heterocycles. The molecule has 21 heavy (non-hydrogen) atoms. The van der Waals surface area contributed by atoms with Gasteiger partial charge in [0.15, 0.2) is 5.60 Å². The Morgan fingerprint density at radius 3 is 2.76 bits per heavy atom. The molecule has 2 aromatic rings. The molecule has 0 aliphatic carbocycles. The third-order valence-corrected chi connectivity index (χ3v) is 3.97. The molecular weight excluding hydrogens is 264 g/mol. The number of carbonyl (C=O) groups excluding carboxylic acids is 1. The second-order valence-electron chi connectivity index (χ2n) is 5.35. The van der Waals surface area contributed by atoms with Gasteiger partial charge in [0, 0.05) is 31.5 Å². The number of aromatic amines is 1. The third kappa shape index (κ3) is 2.85. The highest BCUT2D eigenvalue weighted by Gasteiger charge is 2.44. The molecule has 4 heteroatoms. The summed E-state index contributed by atoms with van der Waals surface area (Å²) in [5.74, 6) is -0.0299. The highest BCUT2D eigenvalue weighted by atomic mass is 16.5. The van der Waals surface area contributed by atoms with Gasteiger partial charge in [0.1, 0.15) is 0 Å². The zero-order chi connectivity index (χ0) is 14.5. The van der Waals surface area contributed by atoms with E-state index in [4.69, 9.17) is 4.74 Å². The van der Waals surface area contributed by atoms with E-state index in [1.165, 1.54) is 0 Å². The second kappa shape index (κ2) is 6.14. The largest absolute Gasteiger partial charge is 0.365 e. The van der Waals surface area contributed by atoms with E-state index in [2.05, 4.69) is 10.3 Å². The van der Waals surface area contributed by atoms with Gasteiger partial charge in [-0.3, -0.25) is 4.79 Å². The van der Waals surface area contributed by atoms with Gasteiger partial charge in [0.25, 0.3) is 5.91 Å². The standard InChI is InChI=1S/C17H20N2O2/c20-16(19-12-9-15-8-4-11-18-15)17(10-5-13-21-17)14-6-2-1-3-7-14/h1-4,6-8,11,18H,5,9-10,12-13H2,(H,19,20). The molecule has 1 aliphatic heterocycles. The lowest BCUT2D eigenvalue weighted by molar-refractivity contribution is -0.142. The van der Waals surface area contributed by atoms with E-state index in [0.29, 0.717) is 13.2 Å². The minimum atomic E-state index is -0.809. The summed E-state index contributed by atoms with van der Waals surface area (Å²) in [5.41, 5.74) is 1.26. The van der Waals surface area contributed by atoms with Crippen molar-refractivity contribution >= 4 is 5.91 Å². The number of ether oxygens (including phenoxy) is 1. The summed E-state index contributed by atoms with van der Waals surface area (Å²) >= 11 is 0. The number of rotatable bonds is 5. The lowest BCUT2D eigenvalue weighted by atomic mass is 9.90. The first kappa shape index (κ1) is 13.9. The van der Waals surface area contributed by atoms with Crippen molar-refractivity contribution in [3.05, 3.63) is 59.9 Å². The molecule has 1 aromatic heterocycles. The maximum Gasteiger partial charge on any atom is 0.256 e. The van der Waals surface area contributed by atoms with E-state index in [0.717, 1.165) is 30.5 Å². The maximum atomic E-state index is 12.6. The van der Waals surface area contributed by atoms with Crippen LogP contribution >= 0.6 is 0 Å². The van der Waals surface area contributed by atoms with Crippen LogP contribution in [0.25, 0.3) is 0 Å². The van der Waals surface area contributed by atoms with Gasteiger partial charge in [0.2, 0.25) is 0 Å². The number of aromatic nitrogens is 1. The zero-order valence-corrected chi connectivity index (χ0v) is 12.0. The van der Waals surface area contributed by atoms with Crippen molar-refractivity contribution in [1.82, 2.24) is 10.3 Å². The Labute approximate surface area is 124 Å². The minimum absolute atomic E-state index is 0.0299. The molecular formula is C17H20N2O2. The number of H-pyrrole nitrogens is 1. The lowest BCUT2D eigenvalue weighted by Crippen LogP contribution is -2.44. The van der Waals surface area contributed by atoms with E-state index in [1.807, 2.05) is 48.7 Å². The summed E-state index contributed by atoms with van der Waals surface area (Å²) in [6.07, 6.45) is 4.34. The Hall–Kier alpha value is -2.07. The average Bonchev–Trinajstić information content (AvgIpc) is 3.20. The summed E-state index contributed by atoms with van der Waals surface area (Å²) in [6.45, 7) is 1.25. The van der Waals surface area contributed by atoms with Gasteiger partial charge in [-0.05, 0) is 30.5 Å². The summed E-state index contributed by atoms with van der Waals surface area (Å²) in [7, 11) is 0. The van der Waals surface area contributed by atoms with Gasteiger partial charge in [-0.25, -0.2) is 0 Å². The molecule has 1 amide bonds. The van der Waals surface area contributed by atoms with Crippen molar-refractivity contribution in [3.63, 3.8) is 0 Å². The van der Waals surface area contributed by atoms with Crippen LogP contribution in [0, 0.1) is 0 Å². The number of hydrogen-bond acceptors (Lipinski definition) is 2. The molecule has 1 aromatic carbocycles. The predicted octanol–water partition coefficient (Wildman–Crippen LogP) is 2.38. The van der Waals surface area contributed by atoms with Gasteiger partial charge < -0.3 is 15.0 Å². The highest BCUT2D eigenvalue weighted by Crippen LogP contribution is 2.36. The third-order valence-electron chi connectivity index (χ3n) is 3.97. The quantitative estimate of drug-likeness (QED) is 0.885. The first-order chi connectivity index (χ1) is 10.3. The Morgan fingerprint density at radius 1 is 1.24 bits per heavy atom. The van der Waals surface area contributed by atoms with Gasteiger partial charge in [-0.1, -0.05) is 30.3 Å². The molecule has 1 atom stereocenters. The molecule has 0 radical (unpaired) electrons. The molecule has 1 unspecified atom stereocenters. The summed E-state index contributed by atoms with van der Waals surface area (Å²) in [5, 5.41) is 3.02. The first-order valence-electron chi connectivity index (χ1n) is 7.41. The van der Waals surface area contributed by atoms with Gasteiger partial charge in [-0.2, -0.15) is 0 Å². The monoisotopic (exact) mass is 284 g/mol. The number of nitrogens with one attached hydrogen (secondary N) is 2. The topological polar surface area (TPSA) is 54.1 Å². The van der Waals surface area contributed by atoms with E-state index in [9.17, 15) is 4.79 Å². The Morgan fingerprint density at radius 2 is 2.10 bits per heavy atom. The first-order valence-corrected chi connectivity index (χ1v) is 7.41. The second-order valence-corrected chi connectivity index (χ2v) is 5.35. The fourth-order valence-corrected chi connectivity index (χ4v) is 2.86. The van der Waals surface area contributed by atoms with Crippen molar-refractivity contribution in [2.24, 2.45) is 0 Å². The van der Waals surface area contributed by atoms with Crippen LogP contribution in [0.5, 0.6) is 0 Å². The smallest absolute Gasteiger partial charge is 0.256 e. The predicted molar refractivity (Wildman–Crippen MR) is 80.8 cm³/mol. The van der Waals surface area contributed by atoms with Crippen LogP contribution in [-0.2, 0) is 21.6 Å². The minimum Gasteiger partial charge on any atom is -0.365 e. The zero-order valence-electron chi connectivity index (χ0n) is 12.0. The molecule has 0 spiro atoms. The highest BCUT2D eigenvalue weighted by molar-refractivity contribution is 5.86. The van der Waals surface area contributed by atoms with Crippen LogP contribution in [0.1, 0.15) is 24.1 Å².